The Kier molecular flexibility index (Phi) is 2.88. The topological polar surface area (TPSA) is 92.5 Å². The fourth-order valence-electron chi connectivity index (χ4n) is 0.883. The molecule has 74 valence electrons. The van der Waals surface area contributed by atoms with Crippen LogP contribution in [0.4, 0.5) is 16.2 Å². The van der Waals surface area contributed by atoms with Gasteiger partial charge in [0.25, 0.3) is 5.69 Å². The molecule has 1 rings (SSSR count). The van der Waals surface area contributed by atoms with Crippen molar-refractivity contribution in [1.82, 2.24) is 0 Å². The van der Waals surface area contributed by atoms with Crippen LogP contribution in [-0.4, -0.2) is 16.1 Å². The molecule has 0 heterocycles. The number of benzene rings is 1. The highest BCUT2D eigenvalue weighted by Crippen LogP contribution is 2.27. The van der Waals surface area contributed by atoms with Gasteiger partial charge in [-0.25, -0.2) is 4.79 Å². The third-order valence-electron chi connectivity index (χ3n) is 1.40. The van der Waals surface area contributed by atoms with E-state index >= 15 is 0 Å². The number of nitrogens with one attached hydrogen (secondary N) is 1. The molecule has 0 saturated heterocycles. The normalized spacial score (nSPS) is 9.50. The maximum Gasteiger partial charge on any atom is 0.409 e. The molecule has 1 aromatic carbocycles. The lowest BCUT2D eigenvalue weighted by molar-refractivity contribution is -0.383. The molecule has 6 nitrogen and oxygen atoms in total. The van der Waals surface area contributed by atoms with Crippen molar-refractivity contribution in [2.45, 2.75) is 0 Å². The summed E-state index contributed by atoms with van der Waals surface area (Å²) in [5.74, 6) is 0. The monoisotopic (exact) mass is 216 g/mol. The van der Waals surface area contributed by atoms with E-state index in [1.165, 1.54) is 12.1 Å². The van der Waals surface area contributed by atoms with E-state index in [9.17, 15) is 14.9 Å². The summed E-state index contributed by atoms with van der Waals surface area (Å²) in [4.78, 5) is 20.0. The first-order valence-corrected chi connectivity index (χ1v) is 3.82. The largest absolute Gasteiger partial charge is 0.465 e. The Bertz CT molecular complexity index is 393. The first-order valence-electron chi connectivity index (χ1n) is 3.44. The van der Waals surface area contributed by atoms with Gasteiger partial charge in [0.05, 0.1) is 4.92 Å². The van der Waals surface area contributed by atoms with Crippen molar-refractivity contribution >= 4 is 29.1 Å². The number of carboxylic acid groups (broad SMARTS) is 1. The van der Waals surface area contributed by atoms with Gasteiger partial charge < -0.3 is 5.11 Å². The number of anilines is 1. The van der Waals surface area contributed by atoms with E-state index < -0.39 is 11.0 Å². The molecule has 0 radical (unpaired) electrons. The summed E-state index contributed by atoms with van der Waals surface area (Å²) in [7, 11) is 0. The summed E-state index contributed by atoms with van der Waals surface area (Å²) in [5.41, 5.74) is -0.480. The average Bonchev–Trinajstić information content (AvgIpc) is 2.01. The van der Waals surface area contributed by atoms with Crippen LogP contribution in [0.15, 0.2) is 18.2 Å². The van der Waals surface area contributed by atoms with Gasteiger partial charge in [-0.1, -0.05) is 11.6 Å². The van der Waals surface area contributed by atoms with E-state index in [0.29, 0.717) is 0 Å². The van der Waals surface area contributed by atoms with Crippen molar-refractivity contribution in [3.63, 3.8) is 0 Å². The number of nitrogens with zero attached hydrogens (tertiary/aromatic N) is 1. The number of halogens is 1. The van der Waals surface area contributed by atoms with E-state index in [4.69, 9.17) is 16.7 Å². The molecule has 0 aliphatic heterocycles. The van der Waals surface area contributed by atoms with Crippen molar-refractivity contribution in [3.05, 3.63) is 33.3 Å². The highest BCUT2D eigenvalue weighted by molar-refractivity contribution is 6.31. The summed E-state index contributed by atoms with van der Waals surface area (Å²) in [6, 6.07) is 3.62. The summed E-state index contributed by atoms with van der Waals surface area (Å²) in [6.45, 7) is 0. The highest BCUT2D eigenvalue weighted by atomic mass is 35.5. The summed E-state index contributed by atoms with van der Waals surface area (Å²) in [6.07, 6.45) is -1.38. The summed E-state index contributed by atoms with van der Waals surface area (Å²) < 4.78 is 0. The minimum absolute atomic E-state index is 0.144. The molecule has 1 aromatic rings. The number of carbonyl (C=O) groups is 1. The van der Waals surface area contributed by atoms with Gasteiger partial charge in [0.15, 0.2) is 0 Å². The molecule has 2 N–H and O–H groups in total. The second kappa shape index (κ2) is 3.93. The van der Waals surface area contributed by atoms with Gasteiger partial charge in [0, 0.05) is 11.1 Å². The number of rotatable bonds is 2. The SMILES string of the molecule is O=C(O)Nc1cc(Cl)ccc1[N+](=O)[O-]. The Hall–Kier alpha value is -1.82. The number of hydrogen-bond acceptors (Lipinski definition) is 3. The van der Waals surface area contributed by atoms with Gasteiger partial charge in [-0.2, -0.15) is 0 Å². The minimum Gasteiger partial charge on any atom is -0.465 e. The zero-order valence-corrected chi connectivity index (χ0v) is 7.49. The molecule has 0 atom stereocenters. The maximum atomic E-state index is 10.4. The van der Waals surface area contributed by atoms with Crippen molar-refractivity contribution in [3.8, 4) is 0 Å². The van der Waals surface area contributed by atoms with Gasteiger partial charge in [-0.05, 0) is 12.1 Å². The molecule has 0 spiro atoms. The minimum atomic E-state index is -1.38. The molecule has 0 bridgehead atoms. The second-order valence-electron chi connectivity index (χ2n) is 2.35. The van der Waals surface area contributed by atoms with Gasteiger partial charge in [-0.3, -0.25) is 15.4 Å². The van der Waals surface area contributed by atoms with Crippen molar-refractivity contribution in [1.29, 1.82) is 0 Å². The molecule has 0 aliphatic rings. The lowest BCUT2D eigenvalue weighted by atomic mass is 10.3. The lowest BCUT2D eigenvalue weighted by Crippen LogP contribution is -2.09. The fraction of sp³-hybridized carbons (Fsp3) is 0. The van der Waals surface area contributed by atoms with E-state index in [1.807, 2.05) is 5.32 Å². The van der Waals surface area contributed by atoms with Gasteiger partial charge in [-0.15, -0.1) is 0 Å². The predicted molar refractivity (Wildman–Crippen MR) is 49.8 cm³/mol. The molecular formula is C7H5ClN2O4. The maximum absolute atomic E-state index is 10.4. The molecule has 7 heteroatoms. The lowest BCUT2D eigenvalue weighted by Gasteiger charge is -2.01. The second-order valence-corrected chi connectivity index (χ2v) is 2.79. The van der Waals surface area contributed by atoms with Crippen LogP contribution in [0.2, 0.25) is 5.02 Å². The van der Waals surface area contributed by atoms with Crippen LogP contribution in [0.25, 0.3) is 0 Å². The average molecular weight is 217 g/mol. The molecule has 0 unspecified atom stereocenters. The number of nitro groups is 1. The molecule has 0 saturated carbocycles. The van der Waals surface area contributed by atoms with Crippen molar-refractivity contribution in [2.24, 2.45) is 0 Å². The highest BCUT2D eigenvalue weighted by Gasteiger charge is 2.15. The Morgan fingerprint density at radius 1 is 1.57 bits per heavy atom. The first kappa shape index (κ1) is 10.3. The predicted octanol–water partition coefficient (Wildman–Crippen LogP) is 2.34. The van der Waals surface area contributed by atoms with Gasteiger partial charge in [0.2, 0.25) is 0 Å². The van der Waals surface area contributed by atoms with Crippen LogP contribution >= 0.6 is 11.6 Å². The fourth-order valence-corrected chi connectivity index (χ4v) is 1.05. The molecule has 0 aromatic heterocycles. The quantitative estimate of drug-likeness (QED) is 0.586. The van der Waals surface area contributed by atoms with Crippen LogP contribution in [0, 0.1) is 10.1 Å². The van der Waals surface area contributed by atoms with E-state index in [2.05, 4.69) is 0 Å². The molecule has 14 heavy (non-hydrogen) atoms. The number of hydrogen-bond donors (Lipinski definition) is 2. The van der Waals surface area contributed by atoms with Crippen molar-refractivity contribution < 1.29 is 14.8 Å². The Morgan fingerprint density at radius 3 is 2.71 bits per heavy atom. The molecular weight excluding hydrogens is 212 g/mol. The standard InChI is InChI=1S/C7H5ClN2O4/c8-4-1-2-6(10(13)14)5(3-4)9-7(11)12/h1-3,9H,(H,11,12). The zero-order valence-electron chi connectivity index (χ0n) is 6.73. The molecule has 1 amide bonds. The number of nitro benzene ring substituents is 1. The summed E-state index contributed by atoms with van der Waals surface area (Å²) in [5, 5.41) is 20.9. The van der Waals surface area contributed by atoms with Crippen LogP contribution in [-0.2, 0) is 0 Å². The smallest absolute Gasteiger partial charge is 0.409 e. The van der Waals surface area contributed by atoms with Gasteiger partial charge in [0.1, 0.15) is 5.69 Å². The van der Waals surface area contributed by atoms with Crippen LogP contribution in [0.3, 0.4) is 0 Å². The van der Waals surface area contributed by atoms with Crippen molar-refractivity contribution in [2.75, 3.05) is 5.32 Å². The van der Waals surface area contributed by atoms with Gasteiger partial charge >= 0.3 is 6.09 Å². The Balaban J connectivity index is 3.15. The molecule has 0 fully saturated rings. The van der Waals surface area contributed by atoms with Crippen LogP contribution in [0.1, 0.15) is 0 Å². The van der Waals surface area contributed by atoms with Crippen LogP contribution < -0.4 is 5.32 Å². The summed E-state index contributed by atoms with van der Waals surface area (Å²) >= 11 is 5.55. The van der Waals surface area contributed by atoms with E-state index in [1.54, 1.807) is 0 Å². The zero-order chi connectivity index (χ0) is 10.7. The Labute approximate surface area is 83.3 Å². The van der Waals surface area contributed by atoms with E-state index in [-0.39, 0.29) is 16.4 Å². The van der Waals surface area contributed by atoms with Crippen LogP contribution in [0.5, 0.6) is 0 Å². The van der Waals surface area contributed by atoms with E-state index in [0.717, 1.165) is 6.07 Å². The number of amides is 1. The third kappa shape index (κ3) is 2.33. The Morgan fingerprint density at radius 2 is 2.21 bits per heavy atom. The third-order valence-corrected chi connectivity index (χ3v) is 1.63. The first-order chi connectivity index (χ1) is 6.50. The molecule has 0 aliphatic carbocycles.